The normalized spacial score (nSPS) is 19.4. The smallest absolute Gasteiger partial charge is 0.335 e. The van der Waals surface area contributed by atoms with Gasteiger partial charge in [0.2, 0.25) is 0 Å². The van der Waals surface area contributed by atoms with Crippen molar-refractivity contribution in [3.8, 4) is 0 Å². The van der Waals surface area contributed by atoms with Crippen molar-refractivity contribution in [2.75, 3.05) is 13.1 Å². The second-order valence-electron chi connectivity index (χ2n) is 4.00. The van der Waals surface area contributed by atoms with Crippen molar-refractivity contribution >= 4 is 11.8 Å². The maximum atomic E-state index is 10.8. The van der Waals surface area contributed by atoms with Gasteiger partial charge >= 0.3 is 5.97 Å². The number of carboxylic acid groups (broad SMARTS) is 1. The summed E-state index contributed by atoms with van der Waals surface area (Å²) in [5.74, 6) is -0.140. The number of β-amino-alcohol motifs (C(OH)–C–C–N with tert-alkyl or cyclic N) is 1. The molecule has 3 N–H and O–H groups in total. The van der Waals surface area contributed by atoms with Crippen molar-refractivity contribution in [1.82, 2.24) is 5.32 Å². The summed E-state index contributed by atoms with van der Waals surface area (Å²) in [6, 6.07) is 6.78. The molecule has 1 aliphatic rings. The quantitative estimate of drug-likeness (QED) is 0.702. The van der Waals surface area contributed by atoms with E-state index in [0.717, 1.165) is 11.4 Å². The molecule has 0 bridgehead atoms. The summed E-state index contributed by atoms with van der Waals surface area (Å²) in [5, 5.41) is 21.2. The number of benzene rings is 1. The highest BCUT2D eigenvalue weighted by Gasteiger charge is 2.12. The molecule has 0 saturated heterocycles. The number of hydrogen-bond donors (Lipinski definition) is 3. The topological polar surface area (TPSA) is 81.9 Å². The first-order valence-electron chi connectivity index (χ1n) is 5.42. The molecule has 1 aliphatic heterocycles. The van der Waals surface area contributed by atoms with E-state index in [1.807, 2.05) is 6.07 Å². The Morgan fingerprint density at radius 2 is 2.35 bits per heavy atom. The zero-order valence-electron chi connectivity index (χ0n) is 9.26. The van der Waals surface area contributed by atoms with E-state index in [1.54, 1.807) is 18.2 Å². The Bertz CT molecular complexity index is 457. The molecule has 1 atom stereocenters. The van der Waals surface area contributed by atoms with Crippen molar-refractivity contribution in [3.63, 3.8) is 0 Å². The second-order valence-corrected chi connectivity index (χ2v) is 4.00. The largest absolute Gasteiger partial charge is 0.478 e. The van der Waals surface area contributed by atoms with Gasteiger partial charge in [-0.25, -0.2) is 4.79 Å². The standard InChI is InChI=1S/C12H14N2O3/c15-10-6-13-11(14-7-10)5-8-2-1-3-9(4-8)12(16)17/h1-4,10,15H,5-7H2,(H,13,14)(H,16,17). The predicted octanol–water partition coefficient (Wildman–Crippen LogP) is 0.290. The molecule has 0 fully saturated rings. The number of aliphatic imine (C=N–C) groups is 1. The molecule has 0 saturated carbocycles. The van der Waals surface area contributed by atoms with Gasteiger partial charge in [-0.05, 0) is 17.7 Å². The summed E-state index contributed by atoms with van der Waals surface area (Å²) in [6.07, 6.45) is 0.137. The van der Waals surface area contributed by atoms with E-state index in [4.69, 9.17) is 5.11 Å². The molecule has 0 amide bonds. The number of hydrogen-bond acceptors (Lipinski definition) is 4. The molecule has 2 rings (SSSR count). The number of aliphatic hydroxyl groups is 1. The van der Waals surface area contributed by atoms with Gasteiger partial charge in [-0.2, -0.15) is 0 Å². The van der Waals surface area contributed by atoms with Gasteiger partial charge in [0.25, 0.3) is 0 Å². The van der Waals surface area contributed by atoms with Crippen LogP contribution in [0.5, 0.6) is 0 Å². The van der Waals surface area contributed by atoms with Gasteiger partial charge in [-0.1, -0.05) is 12.1 Å². The Hall–Kier alpha value is -1.88. The SMILES string of the molecule is O=C(O)c1cccc(CC2=NCC(O)CN2)c1. The van der Waals surface area contributed by atoms with Crippen LogP contribution < -0.4 is 5.32 Å². The molecule has 17 heavy (non-hydrogen) atoms. The van der Waals surface area contributed by atoms with Crippen molar-refractivity contribution < 1.29 is 15.0 Å². The maximum Gasteiger partial charge on any atom is 0.335 e. The van der Waals surface area contributed by atoms with E-state index in [1.165, 1.54) is 0 Å². The van der Waals surface area contributed by atoms with Crippen LogP contribution in [0.25, 0.3) is 0 Å². The molecule has 0 spiro atoms. The van der Waals surface area contributed by atoms with Gasteiger partial charge in [-0.3, -0.25) is 4.99 Å². The third-order valence-electron chi connectivity index (χ3n) is 2.58. The van der Waals surface area contributed by atoms with Gasteiger partial charge in [0, 0.05) is 13.0 Å². The van der Waals surface area contributed by atoms with Gasteiger partial charge in [0.05, 0.1) is 18.2 Å². The average Bonchev–Trinajstić information content (AvgIpc) is 2.32. The summed E-state index contributed by atoms with van der Waals surface area (Å²) in [5.41, 5.74) is 1.17. The minimum absolute atomic E-state index is 0.277. The first kappa shape index (κ1) is 11.6. The van der Waals surface area contributed by atoms with E-state index in [-0.39, 0.29) is 5.56 Å². The Balaban J connectivity index is 2.08. The van der Waals surface area contributed by atoms with E-state index < -0.39 is 12.1 Å². The Labute approximate surface area is 98.8 Å². The second kappa shape index (κ2) is 4.97. The van der Waals surface area contributed by atoms with Crippen LogP contribution in [0.15, 0.2) is 29.3 Å². The zero-order valence-corrected chi connectivity index (χ0v) is 9.26. The number of carbonyl (C=O) groups is 1. The minimum atomic E-state index is -0.930. The van der Waals surface area contributed by atoms with E-state index in [9.17, 15) is 9.90 Å². The number of rotatable bonds is 3. The lowest BCUT2D eigenvalue weighted by molar-refractivity contribution is 0.0696. The Morgan fingerprint density at radius 1 is 1.53 bits per heavy atom. The van der Waals surface area contributed by atoms with Crippen LogP contribution in [0.2, 0.25) is 0 Å². The highest BCUT2D eigenvalue weighted by molar-refractivity contribution is 5.89. The molecule has 0 radical (unpaired) electrons. The summed E-state index contributed by atoms with van der Waals surface area (Å²) >= 11 is 0. The third-order valence-corrected chi connectivity index (χ3v) is 2.58. The summed E-state index contributed by atoms with van der Waals surface area (Å²) in [6.45, 7) is 0.901. The van der Waals surface area contributed by atoms with Crippen LogP contribution in [0.3, 0.4) is 0 Å². The molecule has 1 aromatic rings. The maximum absolute atomic E-state index is 10.8. The first-order chi connectivity index (χ1) is 8.15. The number of carboxylic acids is 1. The summed E-state index contributed by atoms with van der Waals surface area (Å²) in [4.78, 5) is 15.0. The molecule has 0 aromatic heterocycles. The molecule has 5 nitrogen and oxygen atoms in total. The molecule has 0 aliphatic carbocycles. The number of nitrogens with zero attached hydrogens (tertiary/aromatic N) is 1. The molecule has 1 aromatic carbocycles. The lowest BCUT2D eigenvalue weighted by Gasteiger charge is -2.19. The van der Waals surface area contributed by atoms with Crippen LogP contribution in [0, 0.1) is 0 Å². The molecule has 1 heterocycles. The van der Waals surface area contributed by atoms with Gasteiger partial charge < -0.3 is 15.5 Å². The van der Waals surface area contributed by atoms with Crippen LogP contribution in [-0.4, -0.2) is 41.2 Å². The van der Waals surface area contributed by atoms with Crippen LogP contribution in [0.4, 0.5) is 0 Å². The lowest BCUT2D eigenvalue weighted by Crippen LogP contribution is -2.39. The first-order valence-corrected chi connectivity index (χ1v) is 5.42. The van der Waals surface area contributed by atoms with Crippen LogP contribution in [0.1, 0.15) is 15.9 Å². The van der Waals surface area contributed by atoms with E-state index >= 15 is 0 Å². The molecule has 5 heteroatoms. The van der Waals surface area contributed by atoms with Gasteiger partial charge in [0.1, 0.15) is 5.84 Å². The van der Waals surface area contributed by atoms with E-state index in [2.05, 4.69) is 10.3 Å². The zero-order chi connectivity index (χ0) is 12.3. The lowest BCUT2D eigenvalue weighted by atomic mass is 10.1. The third kappa shape index (κ3) is 3.04. The Kier molecular flexibility index (Phi) is 3.39. The highest BCUT2D eigenvalue weighted by atomic mass is 16.4. The monoisotopic (exact) mass is 234 g/mol. The number of nitrogens with one attached hydrogen (secondary N) is 1. The Morgan fingerprint density at radius 3 is 3.00 bits per heavy atom. The number of aliphatic hydroxyl groups excluding tert-OH is 1. The molecular formula is C12H14N2O3. The minimum Gasteiger partial charge on any atom is -0.478 e. The van der Waals surface area contributed by atoms with Gasteiger partial charge in [0.15, 0.2) is 0 Å². The molecule has 1 unspecified atom stereocenters. The van der Waals surface area contributed by atoms with Crippen molar-refractivity contribution in [1.29, 1.82) is 0 Å². The number of aromatic carboxylic acids is 1. The fourth-order valence-corrected chi connectivity index (χ4v) is 1.70. The molecular weight excluding hydrogens is 220 g/mol. The summed E-state index contributed by atoms with van der Waals surface area (Å²) in [7, 11) is 0. The average molecular weight is 234 g/mol. The molecule has 90 valence electrons. The van der Waals surface area contributed by atoms with Crippen LogP contribution in [-0.2, 0) is 6.42 Å². The predicted molar refractivity (Wildman–Crippen MR) is 63.4 cm³/mol. The fraction of sp³-hybridized carbons (Fsp3) is 0.333. The van der Waals surface area contributed by atoms with Crippen molar-refractivity contribution in [2.24, 2.45) is 4.99 Å². The van der Waals surface area contributed by atoms with Crippen molar-refractivity contribution in [3.05, 3.63) is 35.4 Å². The number of amidine groups is 1. The van der Waals surface area contributed by atoms with Gasteiger partial charge in [-0.15, -0.1) is 0 Å². The fourth-order valence-electron chi connectivity index (χ4n) is 1.70. The van der Waals surface area contributed by atoms with Crippen LogP contribution >= 0.6 is 0 Å². The van der Waals surface area contributed by atoms with E-state index in [0.29, 0.717) is 19.5 Å². The van der Waals surface area contributed by atoms with Crippen molar-refractivity contribution in [2.45, 2.75) is 12.5 Å². The summed E-state index contributed by atoms with van der Waals surface area (Å²) < 4.78 is 0. The highest BCUT2D eigenvalue weighted by Crippen LogP contribution is 2.07.